The Labute approximate surface area is 118 Å². The summed E-state index contributed by atoms with van der Waals surface area (Å²) in [5.41, 5.74) is -0.564. The molecule has 1 N–H and O–H groups in total. The van der Waals surface area contributed by atoms with Crippen LogP contribution in [0.2, 0.25) is 5.02 Å². The monoisotopic (exact) mass is 298 g/mol. The van der Waals surface area contributed by atoms with Gasteiger partial charge >= 0.3 is 5.97 Å². The fourth-order valence-corrected chi connectivity index (χ4v) is 2.42. The highest BCUT2D eigenvalue weighted by Crippen LogP contribution is 2.27. The highest BCUT2D eigenvalue weighted by atomic mass is 35.5. The lowest BCUT2D eigenvalue weighted by molar-refractivity contribution is -0.385. The van der Waals surface area contributed by atoms with Crippen LogP contribution in [-0.2, 0) is 4.79 Å². The molecule has 8 heteroatoms. The van der Waals surface area contributed by atoms with Gasteiger partial charge in [-0.15, -0.1) is 0 Å². The summed E-state index contributed by atoms with van der Waals surface area (Å²) in [6, 6.07) is 2.77. The summed E-state index contributed by atoms with van der Waals surface area (Å²) in [7, 11) is 0. The molecule has 1 aliphatic heterocycles. The molecule has 0 aliphatic carbocycles. The van der Waals surface area contributed by atoms with Gasteiger partial charge in [-0.05, 0) is 25.0 Å². The van der Waals surface area contributed by atoms with Crippen molar-refractivity contribution in [3.05, 3.63) is 38.9 Å². The first kappa shape index (κ1) is 14.3. The van der Waals surface area contributed by atoms with Crippen molar-refractivity contribution >= 4 is 29.2 Å². The Morgan fingerprint density at radius 3 is 2.75 bits per heavy atom. The fourth-order valence-electron chi connectivity index (χ4n) is 2.26. The third kappa shape index (κ3) is 2.57. The standard InChI is InChI=1S/C12H11ClN2O5/c13-7-3-4-8(10(6-7)15(19)20)11(16)14-5-1-2-9(14)12(17)18/h3-4,6,9H,1-2,5H2,(H,17,18)/t9-/m1/s1. The summed E-state index contributed by atoms with van der Waals surface area (Å²) in [4.78, 5) is 34.8. The van der Waals surface area contributed by atoms with Gasteiger partial charge in [0.2, 0.25) is 0 Å². The van der Waals surface area contributed by atoms with Crippen molar-refractivity contribution < 1.29 is 19.6 Å². The van der Waals surface area contributed by atoms with Crippen molar-refractivity contribution in [1.29, 1.82) is 0 Å². The topological polar surface area (TPSA) is 101 Å². The average molecular weight is 299 g/mol. The summed E-state index contributed by atoms with van der Waals surface area (Å²) in [5.74, 6) is -1.76. The van der Waals surface area contributed by atoms with Crippen LogP contribution >= 0.6 is 11.6 Å². The van der Waals surface area contributed by atoms with Crippen molar-refractivity contribution in [3.63, 3.8) is 0 Å². The number of benzene rings is 1. The van der Waals surface area contributed by atoms with Gasteiger partial charge in [0, 0.05) is 17.6 Å². The number of nitro groups is 1. The van der Waals surface area contributed by atoms with Gasteiger partial charge in [0.25, 0.3) is 11.6 Å². The lowest BCUT2D eigenvalue weighted by Gasteiger charge is -2.21. The smallest absolute Gasteiger partial charge is 0.326 e. The maximum atomic E-state index is 12.3. The molecule has 7 nitrogen and oxygen atoms in total. The second-order valence-electron chi connectivity index (χ2n) is 4.41. The predicted octanol–water partition coefficient (Wildman–Crippen LogP) is 1.94. The van der Waals surface area contributed by atoms with Crippen LogP contribution in [0.5, 0.6) is 0 Å². The van der Waals surface area contributed by atoms with Crippen LogP contribution < -0.4 is 0 Å². The van der Waals surface area contributed by atoms with Crippen LogP contribution in [0.3, 0.4) is 0 Å². The van der Waals surface area contributed by atoms with Crippen molar-refractivity contribution in [2.45, 2.75) is 18.9 Å². The van der Waals surface area contributed by atoms with Crippen molar-refractivity contribution in [2.24, 2.45) is 0 Å². The Morgan fingerprint density at radius 1 is 1.45 bits per heavy atom. The number of amides is 1. The van der Waals surface area contributed by atoms with Gasteiger partial charge in [-0.1, -0.05) is 11.6 Å². The van der Waals surface area contributed by atoms with Gasteiger partial charge in [-0.25, -0.2) is 4.79 Å². The van der Waals surface area contributed by atoms with Crippen LogP contribution in [0.25, 0.3) is 0 Å². The number of nitrogens with zero attached hydrogens (tertiary/aromatic N) is 2. The van der Waals surface area contributed by atoms with Crippen LogP contribution in [0.15, 0.2) is 18.2 Å². The lowest BCUT2D eigenvalue weighted by Crippen LogP contribution is -2.40. The third-order valence-corrected chi connectivity index (χ3v) is 3.42. The molecule has 0 unspecified atom stereocenters. The second-order valence-corrected chi connectivity index (χ2v) is 4.85. The van der Waals surface area contributed by atoms with Crippen LogP contribution in [0, 0.1) is 10.1 Å². The lowest BCUT2D eigenvalue weighted by atomic mass is 10.1. The van der Waals surface area contributed by atoms with Crippen LogP contribution in [-0.4, -0.2) is 39.4 Å². The van der Waals surface area contributed by atoms with E-state index in [1.54, 1.807) is 0 Å². The molecule has 1 aromatic carbocycles. The van der Waals surface area contributed by atoms with Crippen molar-refractivity contribution in [1.82, 2.24) is 4.90 Å². The molecule has 1 aliphatic rings. The molecule has 1 saturated heterocycles. The molecule has 1 atom stereocenters. The largest absolute Gasteiger partial charge is 0.480 e. The Balaban J connectivity index is 2.38. The molecule has 0 spiro atoms. The number of likely N-dealkylation sites (tertiary alicyclic amines) is 1. The van der Waals surface area contributed by atoms with E-state index in [0.29, 0.717) is 12.8 Å². The number of carboxylic acids is 1. The third-order valence-electron chi connectivity index (χ3n) is 3.19. The zero-order chi connectivity index (χ0) is 14.9. The van der Waals surface area contributed by atoms with E-state index in [9.17, 15) is 19.7 Å². The minimum Gasteiger partial charge on any atom is -0.480 e. The number of hydrogen-bond donors (Lipinski definition) is 1. The number of nitro benzene ring substituents is 1. The fraction of sp³-hybridized carbons (Fsp3) is 0.333. The molecule has 0 aromatic heterocycles. The molecule has 1 fully saturated rings. The van der Waals surface area contributed by atoms with Gasteiger partial charge in [0.1, 0.15) is 11.6 Å². The van der Waals surface area contributed by atoms with E-state index in [1.807, 2.05) is 0 Å². The molecule has 1 amide bonds. The number of rotatable bonds is 3. The summed E-state index contributed by atoms with van der Waals surface area (Å²) >= 11 is 5.68. The molecule has 0 saturated carbocycles. The molecule has 20 heavy (non-hydrogen) atoms. The van der Waals surface area contributed by atoms with Crippen molar-refractivity contribution in [3.8, 4) is 0 Å². The first-order valence-electron chi connectivity index (χ1n) is 5.89. The van der Waals surface area contributed by atoms with E-state index in [1.165, 1.54) is 12.1 Å². The molecular formula is C12H11ClN2O5. The maximum absolute atomic E-state index is 12.3. The van der Waals surface area contributed by atoms with E-state index in [4.69, 9.17) is 16.7 Å². The van der Waals surface area contributed by atoms with Crippen LogP contribution in [0.4, 0.5) is 5.69 Å². The molecule has 106 valence electrons. The Bertz CT molecular complexity index is 589. The normalized spacial score (nSPS) is 18.1. The highest BCUT2D eigenvalue weighted by Gasteiger charge is 2.36. The summed E-state index contributed by atoms with van der Waals surface area (Å²) in [5, 5.41) is 20.2. The van der Waals surface area contributed by atoms with Gasteiger partial charge in [0.05, 0.1) is 4.92 Å². The van der Waals surface area contributed by atoms with E-state index < -0.39 is 28.5 Å². The maximum Gasteiger partial charge on any atom is 0.326 e. The Kier molecular flexibility index (Phi) is 3.89. The van der Waals surface area contributed by atoms with Crippen LogP contribution in [0.1, 0.15) is 23.2 Å². The Hall–Kier alpha value is -2.15. The zero-order valence-electron chi connectivity index (χ0n) is 10.3. The average Bonchev–Trinajstić information content (AvgIpc) is 2.87. The quantitative estimate of drug-likeness (QED) is 0.679. The predicted molar refractivity (Wildman–Crippen MR) is 69.8 cm³/mol. The molecule has 1 aromatic rings. The SMILES string of the molecule is O=C(O)[C@H]1CCCN1C(=O)c1ccc(Cl)cc1[N+](=O)[O-]. The van der Waals surface area contributed by atoms with E-state index in [0.717, 1.165) is 11.0 Å². The number of aliphatic carboxylic acids is 1. The Morgan fingerprint density at radius 2 is 2.15 bits per heavy atom. The van der Waals surface area contributed by atoms with Gasteiger partial charge < -0.3 is 10.0 Å². The number of carboxylic acid groups (broad SMARTS) is 1. The molecular weight excluding hydrogens is 288 g/mol. The first-order chi connectivity index (χ1) is 9.41. The minimum atomic E-state index is -1.10. The van der Waals surface area contributed by atoms with E-state index in [-0.39, 0.29) is 17.1 Å². The van der Waals surface area contributed by atoms with Gasteiger partial charge in [-0.3, -0.25) is 14.9 Å². The number of carbonyl (C=O) groups excluding carboxylic acids is 1. The van der Waals surface area contributed by atoms with Crippen molar-refractivity contribution in [2.75, 3.05) is 6.54 Å². The zero-order valence-corrected chi connectivity index (χ0v) is 11.0. The number of hydrogen-bond acceptors (Lipinski definition) is 4. The number of carbonyl (C=O) groups is 2. The minimum absolute atomic E-state index is 0.143. The molecule has 2 rings (SSSR count). The highest BCUT2D eigenvalue weighted by molar-refractivity contribution is 6.31. The molecule has 0 bridgehead atoms. The summed E-state index contributed by atoms with van der Waals surface area (Å²) in [6.45, 7) is 0.273. The van der Waals surface area contributed by atoms with Gasteiger partial charge in [0.15, 0.2) is 0 Å². The number of halogens is 1. The summed E-state index contributed by atoms with van der Waals surface area (Å²) in [6.07, 6.45) is 0.909. The van der Waals surface area contributed by atoms with E-state index >= 15 is 0 Å². The van der Waals surface area contributed by atoms with Gasteiger partial charge in [-0.2, -0.15) is 0 Å². The molecule has 1 heterocycles. The summed E-state index contributed by atoms with van der Waals surface area (Å²) < 4.78 is 0. The second kappa shape index (κ2) is 5.46. The first-order valence-corrected chi connectivity index (χ1v) is 6.27. The van der Waals surface area contributed by atoms with E-state index in [2.05, 4.69) is 0 Å². The molecule has 0 radical (unpaired) electrons.